The number of hydrogen-bond donors (Lipinski definition) is 1. The van der Waals surface area contributed by atoms with Crippen LogP contribution in [0, 0.1) is 0 Å². The van der Waals surface area contributed by atoms with Crippen molar-refractivity contribution in [3.8, 4) is 5.75 Å². The minimum atomic E-state index is -0.501. The summed E-state index contributed by atoms with van der Waals surface area (Å²) in [7, 11) is 1.57. The topological polar surface area (TPSA) is 64.6 Å². The average molecular weight is 408 g/mol. The van der Waals surface area contributed by atoms with Crippen LogP contribution in [0.1, 0.15) is 24.9 Å². The molecule has 7 heteroatoms. The number of carbonyl (C=O) groups excluding carboxylic acids is 2. The van der Waals surface area contributed by atoms with E-state index in [0.29, 0.717) is 17.4 Å². The number of nitrogens with one attached hydrogen (secondary N) is 1. The maximum atomic E-state index is 12.4. The van der Waals surface area contributed by atoms with Gasteiger partial charge in [0, 0.05) is 4.90 Å². The summed E-state index contributed by atoms with van der Waals surface area (Å²) in [6.45, 7) is 2.04. The minimum absolute atomic E-state index is 0.0451. The molecule has 0 aliphatic carbocycles. The van der Waals surface area contributed by atoms with Crippen molar-refractivity contribution in [3.05, 3.63) is 59.1 Å². The summed E-state index contributed by atoms with van der Waals surface area (Å²) >= 11 is 7.46. The fourth-order valence-electron chi connectivity index (χ4n) is 2.44. The Hall–Kier alpha value is -2.18. The Balaban J connectivity index is 2.07. The van der Waals surface area contributed by atoms with Crippen LogP contribution in [0.2, 0.25) is 5.02 Å². The smallest absolute Gasteiger partial charge is 0.308 e. The highest BCUT2D eigenvalue weighted by molar-refractivity contribution is 8.00. The fourth-order valence-corrected chi connectivity index (χ4v) is 3.49. The number of methoxy groups -OCH3 is 1. The van der Waals surface area contributed by atoms with Gasteiger partial charge >= 0.3 is 5.97 Å². The number of hydrogen-bond acceptors (Lipinski definition) is 5. The Morgan fingerprint density at radius 1 is 1.19 bits per heavy atom. The molecular formula is C20H22ClNO4S. The number of ether oxygens (including phenoxy) is 2. The van der Waals surface area contributed by atoms with Crippen LogP contribution in [0.4, 0.5) is 0 Å². The highest BCUT2D eigenvalue weighted by Crippen LogP contribution is 2.27. The summed E-state index contributed by atoms with van der Waals surface area (Å²) in [5.41, 5.74) is 0.776. The molecule has 1 amide bonds. The average Bonchev–Trinajstić information content (AvgIpc) is 2.67. The summed E-state index contributed by atoms with van der Waals surface area (Å²) in [5, 5.41) is 3.51. The molecule has 144 valence electrons. The first-order chi connectivity index (χ1) is 13.0. The number of benzene rings is 2. The molecule has 0 aliphatic rings. The Bertz CT molecular complexity index is 784. The van der Waals surface area contributed by atoms with Crippen molar-refractivity contribution in [2.75, 3.05) is 19.5 Å². The van der Waals surface area contributed by atoms with Gasteiger partial charge in [-0.1, -0.05) is 35.9 Å². The predicted octanol–water partition coefficient (Wildman–Crippen LogP) is 4.25. The van der Waals surface area contributed by atoms with E-state index in [2.05, 4.69) is 5.32 Å². The van der Waals surface area contributed by atoms with Gasteiger partial charge in [-0.05, 0) is 36.8 Å². The first kappa shape index (κ1) is 21.1. The lowest BCUT2D eigenvalue weighted by Crippen LogP contribution is -2.32. The summed E-state index contributed by atoms with van der Waals surface area (Å²) in [5.74, 6) is 0.273. The summed E-state index contributed by atoms with van der Waals surface area (Å²) < 4.78 is 10.3. The number of carbonyl (C=O) groups is 2. The van der Waals surface area contributed by atoms with Gasteiger partial charge in [0.2, 0.25) is 5.91 Å². The van der Waals surface area contributed by atoms with E-state index in [0.717, 1.165) is 10.5 Å². The van der Waals surface area contributed by atoms with Gasteiger partial charge in [0.1, 0.15) is 5.75 Å². The molecule has 2 aromatic rings. The third kappa shape index (κ3) is 6.81. The van der Waals surface area contributed by atoms with Gasteiger partial charge in [-0.3, -0.25) is 9.59 Å². The lowest BCUT2D eigenvalue weighted by atomic mass is 10.0. The van der Waals surface area contributed by atoms with Gasteiger partial charge in [0.15, 0.2) is 0 Å². The predicted molar refractivity (Wildman–Crippen MR) is 107 cm³/mol. The number of thioether (sulfide) groups is 1. The largest absolute Gasteiger partial charge is 0.497 e. The summed E-state index contributed by atoms with van der Waals surface area (Å²) in [6, 6.07) is 14.1. The Kier molecular flexibility index (Phi) is 8.48. The maximum Gasteiger partial charge on any atom is 0.308 e. The van der Waals surface area contributed by atoms with Crippen LogP contribution in [0.5, 0.6) is 5.75 Å². The molecule has 0 saturated heterocycles. The van der Waals surface area contributed by atoms with Crippen LogP contribution < -0.4 is 10.1 Å². The van der Waals surface area contributed by atoms with E-state index in [-0.39, 0.29) is 24.1 Å². The number of halogens is 1. The maximum absolute atomic E-state index is 12.4. The molecule has 27 heavy (non-hydrogen) atoms. The summed E-state index contributed by atoms with van der Waals surface area (Å²) in [4.78, 5) is 25.2. The first-order valence-corrected chi connectivity index (χ1v) is 9.86. The third-order valence-electron chi connectivity index (χ3n) is 3.70. The second-order valence-electron chi connectivity index (χ2n) is 5.62. The van der Waals surface area contributed by atoms with Crippen molar-refractivity contribution in [2.24, 2.45) is 0 Å². The van der Waals surface area contributed by atoms with Crippen LogP contribution in [0.3, 0.4) is 0 Å². The minimum Gasteiger partial charge on any atom is -0.497 e. The SMILES string of the molecule is CCOC(=O)C[C@@H](NC(=O)CSc1ccccc1Cl)c1cccc(OC)c1. The zero-order valence-electron chi connectivity index (χ0n) is 15.2. The van der Waals surface area contributed by atoms with E-state index < -0.39 is 6.04 Å². The third-order valence-corrected chi connectivity index (χ3v) is 5.22. The van der Waals surface area contributed by atoms with Crippen molar-refractivity contribution in [3.63, 3.8) is 0 Å². The second-order valence-corrected chi connectivity index (χ2v) is 7.05. The molecule has 1 atom stereocenters. The Labute approximate surface area is 168 Å². The highest BCUT2D eigenvalue weighted by Gasteiger charge is 2.20. The molecule has 0 saturated carbocycles. The van der Waals surface area contributed by atoms with E-state index in [1.54, 1.807) is 32.2 Å². The highest BCUT2D eigenvalue weighted by atomic mass is 35.5. The summed E-state index contributed by atoms with van der Waals surface area (Å²) in [6.07, 6.45) is 0.0451. The second kappa shape index (κ2) is 10.8. The molecule has 5 nitrogen and oxygen atoms in total. The Morgan fingerprint density at radius 3 is 2.67 bits per heavy atom. The molecule has 0 aliphatic heterocycles. The van der Waals surface area contributed by atoms with Crippen LogP contribution in [-0.2, 0) is 14.3 Å². The van der Waals surface area contributed by atoms with E-state index in [1.807, 2.05) is 30.3 Å². The van der Waals surface area contributed by atoms with Gasteiger partial charge in [0.25, 0.3) is 0 Å². The molecule has 2 aromatic carbocycles. The van der Waals surface area contributed by atoms with Gasteiger partial charge in [0.05, 0.1) is 37.0 Å². The molecule has 1 N–H and O–H groups in total. The molecule has 0 unspecified atom stereocenters. The van der Waals surface area contributed by atoms with Crippen molar-refractivity contribution in [2.45, 2.75) is 24.3 Å². The number of amides is 1. The van der Waals surface area contributed by atoms with Crippen LogP contribution in [0.15, 0.2) is 53.4 Å². The van der Waals surface area contributed by atoms with E-state index >= 15 is 0 Å². The Morgan fingerprint density at radius 2 is 1.96 bits per heavy atom. The fraction of sp³-hybridized carbons (Fsp3) is 0.300. The van der Waals surface area contributed by atoms with Crippen LogP contribution in [0.25, 0.3) is 0 Å². The number of rotatable bonds is 9. The molecule has 0 bridgehead atoms. The molecule has 0 aromatic heterocycles. The lowest BCUT2D eigenvalue weighted by molar-refractivity contribution is -0.143. The van der Waals surface area contributed by atoms with E-state index in [4.69, 9.17) is 21.1 Å². The molecule has 0 heterocycles. The first-order valence-electron chi connectivity index (χ1n) is 8.49. The van der Waals surface area contributed by atoms with E-state index in [1.165, 1.54) is 11.8 Å². The van der Waals surface area contributed by atoms with Crippen LogP contribution in [-0.4, -0.2) is 31.3 Å². The monoisotopic (exact) mass is 407 g/mol. The normalized spacial score (nSPS) is 11.5. The van der Waals surface area contributed by atoms with Gasteiger partial charge < -0.3 is 14.8 Å². The molecule has 0 radical (unpaired) electrons. The van der Waals surface area contributed by atoms with Crippen molar-refractivity contribution < 1.29 is 19.1 Å². The molecule has 0 fully saturated rings. The van der Waals surface area contributed by atoms with E-state index in [9.17, 15) is 9.59 Å². The quantitative estimate of drug-likeness (QED) is 0.497. The molecule has 0 spiro atoms. The molecule has 2 rings (SSSR count). The van der Waals surface area contributed by atoms with Crippen molar-refractivity contribution in [1.82, 2.24) is 5.32 Å². The zero-order valence-corrected chi connectivity index (χ0v) is 16.8. The van der Waals surface area contributed by atoms with Gasteiger partial charge in [-0.25, -0.2) is 0 Å². The molecular weight excluding hydrogens is 386 g/mol. The standard InChI is InChI=1S/C20H22ClNO4S/c1-3-26-20(24)12-17(14-7-6-8-15(11-14)25-2)22-19(23)13-27-18-10-5-4-9-16(18)21/h4-11,17H,3,12-13H2,1-2H3,(H,22,23)/t17-/m1/s1. The lowest BCUT2D eigenvalue weighted by Gasteiger charge is -2.19. The van der Waals surface area contributed by atoms with Crippen LogP contribution >= 0.6 is 23.4 Å². The van der Waals surface area contributed by atoms with Crippen molar-refractivity contribution >= 4 is 35.2 Å². The number of esters is 1. The van der Waals surface area contributed by atoms with Crippen molar-refractivity contribution in [1.29, 1.82) is 0 Å². The van der Waals surface area contributed by atoms with Gasteiger partial charge in [-0.2, -0.15) is 0 Å². The van der Waals surface area contributed by atoms with Gasteiger partial charge in [-0.15, -0.1) is 11.8 Å². The zero-order chi connectivity index (χ0) is 19.6.